The molecule has 27 heavy (non-hydrogen) atoms. The standard InChI is InChI=1S/C21H28N6/c1-13(2)14-5-9-17(10-6-14)25-19-18(15-3-7-16(22)8-4-15)20(23)26-27-12-11-24-21(19)27/h5-6,9-13,15-16,25H,3-4,7-8,22H2,1-2H3,(H2,23,26)/t15-,16-. The Balaban J connectivity index is 1.75. The van der Waals surface area contributed by atoms with Gasteiger partial charge in [0.1, 0.15) is 5.82 Å². The molecule has 0 unspecified atom stereocenters. The molecule has 4 rings (SSSR count). The topological polar surface area (TPSA) is 94.3 Å². The molecule has 1 aromatic carbocycles. The first-order valence-electron chi connectivity index (χ1n) is 9.78. The van der Waals surface area contributed by atoms with Crippen molar-refractivity contribution in [1.29, 1.82) is 0 Å². The van der Waals surface area contributed by atoms with E-state index in [1.54, 1.807) is 10.7 Å². The normalized spacial score (nSPS) is 20.3. The van der Waals surface area contributed by atoms with Crippen LogP contribution in [-0.2, 0) is 0 Å². The summed E-state index contributed by atoms with van der Waals surface area (Å²) < 4.78 is 1.75. The van der Waals surface area contributed by atoms with Crippen LogP contribution in [0.25, 0.3) is 5.65 Å². The van der Waals surface area contributed by atoms with Gasteiger partial charge in [0.05, 0.1) is 5.69 Å². The van der Waals surface area contributed by atoms with Gasteiger partial charge in [0, 0.05) is 29.7 Å². The van der Waals surface area contributed by atoms with Crippen LogP contribution in [0.1, 0.15) is 62.5 Å². The number of hydrogen-bond acceptors (Lipinski definition) is 5. The zero-order chi connectivity index (χ0) is 19.0. The van der Waals surface area contributed by atoms with E-state index in [2.05, 4.69) is 53.5 Å². The molecule has 1 fully saturated rings. The lowest BCUT2D eigenvalue weighted by atomic mass is 9.81. The van der Waals surface area contributed by atoms with E-state index in [0.717, 1.165) is 48.3 Å². The lowest BCUT2D eigenvalue weighted by molar-refractivity contribution is 0.396. The van der Waals surface area contributed by atoms with Gasteiger partial charge >= 0.3 is 0 Å². The smallest absolute Gasteiger partial charge is 0.177 e. The molecule has 0 radical (unpaired) electrons. The Morgan fingerprint density at radius 2 is 1.81 bits per heavy atom. The minimum atomic E-state index is 0.297. The molecule has 1 saturated carbocycles. The third kappa shape index (κ3) is 3.49. The van der Waals surface area contributed by atoms with Crippen LogP contribution in [-0.4, -0.2) is 20.6 Å². The van der Waals surface area contributed by atoms with Gasteiger partial charge < -0.3 is 16.8 Å². The maximum absolute atomic E-state index is 6.40. The van der Waals surface area contributed by atoms with Crippen LogP contribution in [0, 0.1) is 0 Å². The van der Waals surface area contributed by atoms with Crippen molar-refractivity contribution in [1.82, 2.24) is 14.6 Å². The predicted molar refractivity (Wildman–Crippen MR) is 110 cm³/mol. The molecule has 6 heteroatoms. The Morgan fingerprint density at radius 3 is 2.48 bits per heavy atom. The summed E-state index contributed by atoms with van der Waals surface area (Å²) in [5, 5.41) is 8.11. The fourth-order valence-electron chi connectivity index (χ4n) is 4.02. The molecular formula is C21H28N6. The third-order valence-electron chi connectivity index (χ3n) is 5.63. The van der Waals surface area contributed by atoms with E-state index in [4.69, 9.17) is 11.5 Å². The Morgan fingerprint density at radius 1 is 1.11 bits per heavy atom. The molecule has 0 bridgehead atoms. The van der Waals surface area contributed by atoms with Crippen LogP contribution in [0.15, 0.2) is 36.7 Å². The van der Waals surface area contributed by atoms with Gasteiger partial charge in [-0.2, -0.15) is 0 Å². The fraction of sp³-hybridized carbons (Fsp3) is 0.429. The van der Waals surface area contributed by atoms with Crippen molar-refractivity contribution in [3.8, 4) is 0 Å². The Kier molecular flexibility index (Phi) is 4.74. The minimum Gasteiger partial charge on any atom is -0.382 e. The highest BCUT2D eigenvalue weighted by molar-refractivity contribution is 5.80. The number of aromatic nitrogens is 3. The number of benzene rings is 1. The van der Waals surface area contributed by atoms with E-state index in [0.29, 0.717) is 23.7 Å². The van der Waals surface area contributed by atoms with Crippen LogP contribution in [0.2, 0.25) is 0 Å². The van der Waals surface area contributed by atoms with Gasteiger partial charge in [-0.25, -0.2) is 9.50 Å². The largest absolute Gasteiger partial charge is 0.382 e. The van der Waals surface area contributed by atoms with Crippen molar-refractivity contribution in [3.63, 3.8) is 0 Å². The highest BCUT2D eigenvalue weighted by Gasteiger charge is 2.27. The molecule has 0 amide bonds. The summed E-state index contributed by atoms with van der Waals surface area (Å²) in [6.07, 6.45) is 7.70. The van der Waals surface area contributed by atoms with Gasteiger partial charge in [0.15, 0.2) is 5.65 Å². The SMILES string of the molecule is CC(C)c1ccc(Nc2c3nccn3nc(N)c2[C@H]2CC[C@H](N)CC2)cc1. The molecule has 1 aliphatic carbocycles. The van der Waals surface area contributed by atoms with E-state index in [9.17, 15) is 0 Å². The number of imidazole rings is 1. The average Bonchev–Trinajstić information content (AvgIpc) is 3.11. The maximum atomic E-state index is 6.40. The minimum absolute atomic E-state index is 0.297. The van der Waals surface area contributed by atoms with Gasteiger partial charge in [-0.15, -0.1) is 5.10 Å². The molecule has 0 aliphatic heterocycles. The third-order valence-corrected chi connectivity index (χ3v) is 5.63. The number of fused-ring (bicyclic) bond motifs is 1. The van der Waals surface area contributed by atoms with Crippen molar-refractivity contribution in [2.75, 3.05) is 11.1 Å². The number of anilines is 3. The van der Waals surface area contributed by atoms with Crippen molar-refractivity contribution >= 4 is 22.8 Å². The van der Waals surface area contributed by atoms with Gasteiger partial charge in [-0.05, 0) is 55.2 Å². The number of hydrogen-bond donors (Lipinski definition) is 3. The average molecular weight is 364 g/mol. The lowest BCUT2D eigenvalue weighted by Gasteiger charge is -2.28. The molecule has 6 nitrogen and oxygen atoms in total. The molecule has 142 valence electrons. The molecular weight excluding hydrogens is 336 g/mol. The summed E-state index contributed by atoms with van der Waals surface area (Å²) in [6, 6.07) is 8.86. The summed E-state index contributed by atoms with van der Waals surface area (Å²) in [6.45, 7) is 4.40. The van der Waals surface area contributed by atoms with Crippen molar-refractivity contribution in [3.05, 3.63) is 47.8 Å². The van der Waals surface area contributed by atoms with E-state index >= 15 is 0 Å². The summed E-state index contributed by atoms with van der Waals surface area (Å²) >= 11 is 0. The van der Waals surface area contributed by atoms with Crippen molar-refractivity contribution in [2.24, 2.45) is 5.73 Å². The number of rotatable bonds is 4. The molecule has 3 aromatic rings. The molecule has 5 N–H and O–H groups in total. The molecule has 0 atom stereocenters. The summed E-state index contributed by atoms with van der Waals surface area (Å²) in [4.78, 5) is 4.53. The Bertz CT molecular complexity index is 920. The number of nitrogen functional groups attached to an aromatic ring is 1. The second-order valence-electron chi connectivity index (χ2n) is 7.88. The summed E-state index contributed by atoms with van der Waals surface area (Å²) in [7, 11) is 0. The Hall–Kier alpha value is -2.60. The number of nitrogens with zero attached hydrogens (tertiary/aromatic N) is 3. The summed E-state index contributed by atoms with van der Waals surface area (Å²) in [5.41, 5.74) is 17.7. The monoisotopic (exact) mass is 364 g/mol. The van der Waals surface area contributed by atoms with E-state index in [1.807, 2.05) is 6.20 Å². The maximum Gasteiger partial charge on any atom is 0.177 e. The quantitative estimate of drug-likeness (QED) is 0.646. The predicted octanol–water partition coefficient (Wildman–Crippen LogP) is 4.16. The number of nitrogens with two attached hydrogens (primary N) is 2. The molecule has 1 aliphatic rings. The van der Waals surface area contributed by atoms with Gasteiger partial charge in [0.2, 0.25) is 0 Å². The molecule has 2 aromatic heterocycles. The first-order chi connectivity index (χ1) is 13.0. The molecule has 2 heterocycles. The highest BCUT2D eigenvalue weighted by Crippen LogP contribution is 2.41. The first kappa shape index (κ1) is 17.8. The fourth-order valence-corrected chi connectivity index (χ4v) is 4.02. The van der Waals surface area contributed by atoms with Gasteiger partial charge in [-0.3, -0.25) is 0 Å². The van der Waals surface area contributed by atoms with E-state index in [-0.39, 0.29) is 0 Å². The first-order valence-corrected chi connectivity index (χ1v) is 9.78. The zero-order valence-corrected chi connectivity index (χ0v) is 16.0. The number of nitrogens with one attached hydrogen (secondary N) is 1. The lowest BCUT2D eigenvalue weighted by Crippen LogP contribution is -2.26. The van der Waals surface area contributed by atoms with Crippen LogP contribution in [0.5, 0.6) is 0 Å². The second kappa shape index (κ2) is 7.19. The summed E-state index contributed by atoms with van der Waals surface area (Å²) in [5.74, 6) is 1.44. The van der Waals surface area contributed by atoms with Crippen LogP contribution < -0.4 is 16.8 Å². The van der Waals surface area contributed by atoms with Crippen LogP contribution in [0.4, 0.5) is 17.2 Å². The van der Waals surface area contributed by atoms with Crippen molar-refractivity contribution in [2.45, 2.75) is 57.4 Å². The highest BCUT2D eigenvalue weighted by atomic mass is 15.3. The van der Waals surface area contributed by atoms with Gasteiger partial charge in [-0.1, -0.05) is 26.0 Å². The van der Waals surface area contributed by atoms with Crippen molar-refractivity contribution < 1.29 is 0 Å². The van der Waals surface area contributed by atoms with E-state index in [1.165, 1.54) is 5.56 Å². The second-order valence-corrected chi connectivity index (χ2v) is 7.88. The molecule has 0 spiro atoms. The Labute approximate surface area is 160 Å². The van der Waals surface area contributed by atoms with E-state index < -0.39 is 0 Å². The zero-order valence-electron chi connectivity index (χ0n) is 16.0. The van der Waals surface area contributed by atoms with Crippen LogP contribution in [0.3, 0.4) is 0 Å². The van der Waals surface area contributed by atoms with Crippen LogP contribution >= 0.6 is 0 Å². The van der Waals surface area contributed by atoms with Gasteiger partial charge in [0.25, 0.3) is 0 Å². The molecule has 0 saturated heterocycles.